The highest BCUT2D eigenvalue weighted by Crippen LogP contribution is 2.37. The fourth-order valence-corrected chi connectivity index (χ4v) is 2.96. The van der Waals surface area contributed by atoms with E-state index in [0.717, 1.165) is 11.1 Å². The van der Waals surface area contributed by atoms with Crippen molar-refractivity contribution < 1.29 is 0 Å². The molecule has 0 saturated heterocycles. The maximum atomic E-state index is 6.22. The Hall–Kier alpha value is -0.730. The lowest BCUT2D eigenvalue weighted by Crippen LogP contribution is -2.11. The van der Waals surface area contributed by atoms with E-state index < -0.39 is 0 Å². The maximum absolute atomic E-state index is 6.22. The molecular formula is C15H14Cl3N. The second-order valence-electron chi connectivity index (χ2n) is 4.38. The molecule has 2 aromatic rings. The second-order valence-corrected chi connectivity index (χ2v) is 5.63. The van der Waals surface area contributed by atoms with Crippen LogP contribution in [0.2, 0.25) is 15.1 Å². The van der Waals surface area contributed by atoms with E-state index in [-0.39, 0.29) is 0 Å². The van der Waals surface area contributed by atoms with Crippen LogP contribution in [0.25, 0.3) is 11.1 Å². The second kappa shape index (κ2) is 6.15. The maximum Gasteiger partial charge on any atom is 0.0514 e. The average molecular weight is 315 g/mol. The minimum absolute atomic E-state index is 0.310. The molecule has 0 saturated carbocycles. The Bertz CT molecular complexity index is 555. The summed E-state index contributed by atoms with van der Waals surface area (Å²) in [4.78, 5) is 0. The third kappa shape index (κ3) is 3.24. The van der Waals surface area contributed by atoms with Crippen molar-refractivity contribution in [3.05, 3.63) is 57.0 Å². The minimum Gasteiger partial charge on any atom is -0.313 e. The Balaban J connectivity index is 2.43. The lowest BCUT2D eigenvalue weighted by molar-refractivity contribution is 0.652. The summed E-state index contributed by atoms with van der Waals surface area (Å²) >= 11 is 18.4. The average Bonchev–Trinajstić information content (AvgIpc) is 2.37. The molecule has 0 amide bonds. The van der Waals surface area contributed by atoms with Gasteiger partial charge < -0.3 is 5.32 Å². The molecule has 0 radical (unpaired) electrons. The molecule has 1 N–H and O–H groups in total. The predicted molar refractivity (Wildman–Crippen MR) is 84.4 cm³/mol. The largest absolute Gasteiger partial charge is 0.313 e. The molecule has 1 unspecified atom stereocenters. The smallest absolute Gasteiger partial charge is 0.0514 e. The van der Waals surface area contributed by atoms with Gasteiger partial charge >= 0.3 is 0 Å². The van der Waals surface area contributed by atoms with E-state index in [1.54, 1.807) is 12.1 Å². The molecule has 2 aromatic carbocycles. The number of nitrogens with one attached hydrogen (secondary N) is 1. The third-order valence-corrected chi connectivity index (χ3v) is 3.95. The van der Waals surface area contributed by atoms with Crippen molar-refractivity contribution in [2.24, 2.45) is 0 Å². The summed E-state index contributed by atoms with van der Waals surface area (Å²) in [5.41, 5.74) is 3.02. The normalized spacial score (nSPS) is 12.5. The zero-order valence-corrected chi connectivity index (χ0v) is 12.9. The van der Waals surface area contributed by atoms with Gasteiger partial charge in [-0.1, -0.05) is 59.1 Å². The minimum atomic E-state index is 0.310. The van der Waals surface area contributed by atoms with Gasteiger partial charge in [0.15, 0.2) is 0 Å². The molecule has 4 heteroatoms. The first-order valence-corrected chi connectivity index (χ1v) is 7.08. The van der Waals surface area contributed by atoms with Crippen LogP contribution in [0.4, 0.5) is 0 Å². The summed E-state index contributed by atoms with van der Waals surface area (Å²) < 4.78 is 0. The fraction of sp³-hybridized carbons (Fsp3) is 0.200. The number of rotatable bonds is 3. The van der Waals surface area contributed by atoms with Crippen LogP contribution in [0.3, 0.4) is 0 Å². The van der Waals surface area contributed by atoms with Gasteiger partial charge in [0.25, 0.3) is 0 Å². The van der Waals surface area contributed by atoms with Crippen molar-refractivity contribution in [3.63, 3.8) is 0 Å². The first-order chi connectivity index (χ1) is 9.02. The monoisotopic (exact) mass is 313 g/mol. The van der Waals surface area contributed by atoms with Crippen LogP contribution in [-0.4, -0.2) is 7.05 Å². The number of hydrogen-bond acceptors (Lipinski definition) is 1. The Morgan fingerprint density at radius 2 is 1.47 bits per heavy atom. The molecular weight excluding hydrogens is 301 g/mol. The van der Waals surface area contributed by atoms with Crippen LogP contribution in [-0.2, 0) is 0 Å². The zero-order valence-electron chi connectivity index (χ0n) is 10.7. The van der Waals surface area contributed by atoms with Crippen LogP contribution < -0.4 is 5.32 Å². The lowest BCUT2D eigenvalue weighted by atomic mass is 10.0. The van der Waals surface area contributed by atoms with Crippen molar-refractivity contribution in [1.29, 1.82) is 0 Å². The molecule has 0 spiro atoms. The quantitative estimate of drug-likeness (QED) is 0.778. The Morgan fingerprint density at radius 3 is 1.95 bits per heavy atom. The molecule has 0 aliphatic carbocycles. The Labute approximate surface area is 128 Å². The number of benzene rings is 2. The first-order valence-electron chi connectivity index (χ1n) is 5.95. The number of hydrogen-bond donors (Lipinski definition) is 1. The van der Waals surface area contributed by atoms with Crippen LogP contribution in [0.15, 0.2) is 36.4 Å². The van der Waals surface area contributed by atoms with E-state index in [0.29, 0.717) is 21.1 Å². The van der Waals surface area contributed by atoms with Gasteiger partial charge in [-0.25, -0.2) is 0 Å². The van der Waals surface area contributed by atoms with Gasteiger partial charge in [-0.3, -0.25) is 0 Å². The van der Waals surface area contributed by atoms with Gasteiger partial charge in [-0.2, -0.15) is 0 Å². The van der Waals surface area contributed by atoms with E-state index in [1.165, 1.54) is 5.56 Å². The third-order valence-electron chi connectivity index (χ3n) is 3.14. The Morgan fingerprint density at radius 1 is 0.947 bits per heavy atom. The summed E-state index contributed by atoms with van der Waals surface area (Å²) in [7, 11) is 1.94. The van der Waals surface area contributed by atoms with Crippen LogP contribution in [0.1, 0.15) is 18.5 Å². The first kappa shape index (κ1) is 14.7. The summed E-state index contributed by atoms with van der Waals surface area (Å²) in [6.45, 7) is 2.11. The molecule has 0 heterocycles. The fourth-order valence-electron chi connectivity index (χ4n) is 1.92. The van der Waals surface area contributed by atoms with Gasteiger partial charge in [0, 0.05) is 16.6 Å². The van der Waals surface area contributed by atoms with Crippen molar-refractivity contribution >= 4 is 34.8 Å². The van der Waals surface area contributed by atoms with Crippen molar-refractivity contribution in [1.82, 2.24) is 5.32 Å². The van der Waals surface area contributed by atoms with Crippen LogP contribution in [0, 0.1) is 0 Å². The molecule has 100 valence electrons. The molecule has 1 nitrogen and oxygen atoms in total. The van der Waals surface area contributed by atoms with E-state index in [2.05, 4.69) is 24.4 Å². The van der Waals surface area contributed by atoms with E-state index in [9.17, 15) is 0 Å². The molecule has 2 rings (SSSR count). The molecule has 0 fully saturated rings. The molecule has 0 aromatic heterocycles. The SMILES string of the molecule is CNC(C)c1ccc(-c2c(Cl)cc(Cl)cc2Cl)cc1. The van der Waals surface area contributed by atoms with Crippen LogP contribution in [0.5, 0.6) is 0 Å². The van der Waals surface area contributed by atoms with Crippen molar-refractivity contribution in [2.45, 2.75) is 13.0 Å². The van der Waals surface area contributed by atoms with Gasteiger partial charge in [0.05, 0.1) is 10.0 Å². The standard InChI is InChI=1S/C15H14Cl3N/c1-9(19-2)10-3-5-11(6-4-10)15-13(17)7-12(16)8-14(15)18/h3-9,19H,1-2H3. The molecule has 1 atom stereocenters. The predicted octanol–water partition coefficient (Wildman–Crippen LogP) is 5.59. The van der Waals surface area contributed by atoms with Gasteiger partial charge in [0.1, 0.15) is 0 Å². The molecule has 0 aliphatic rings. The van der Waals surface area contributed by atoms with Gasteiger partial charge in [0.2, 0.25) is 0 Å². The summed E-state index contributed by atoms with van der Waals surface area (Å²) in [5, 5.41) is 4.87. The highest BCUT2D eigenvalue weighted by atomic mass is 35.5. The van der Waals surface area contributed by atoms with Crippen LogP contribution >= 0.6 is 34.8 Å². The van der Waals surface area contributed by atoms with E-state index in [4.69, 9.17) is 34.8 Å². The van der Waals surface area contributed by atoms with Gasteiger partial charge in [-0.05, 0) is 37.2 Å². The zero-order chi connectivity index (χ0) is 14.0. The summed E-state index contributed by atoms with van der Waals surface area (Å²) in [6.07, 6.45) is 0. The molecule has 0 aliphatic heterocycles. The van der Waals surface area contributed by atoms with Crippen molar-refractivity contribution in [2.75, 3.05) is 7.05 Å². The molecule has 0 bridgehead atoms. The van der Waals surface area contributed by atoms with E-state index in [1.807, 2.05) is 19.2 Å². The van der Waals surface area contributed by atoms with Crippen molar-refractivity contribution in [3.8, 4) is 11.1 Å². The Kier molecular flexibility index (Phi) is 4.75. The summed E-state index contributed by atoms with van der Waals surface area (Å²) in [5.74, 6) is 0. The van der Waals surface area contributed by atoms with E-state index >= 15 is 0 Å². The lowest BCUT2D eigenvalue weighted by Gasteiger charge is -2.12. The summed E-state index contributed by atoms with van der Waals surface area (Å²) in [6, 6.07) is 11.9. The van der Waals surface area contributed by atoms with Gasteiger partial charge in [-0.15, -0.1) is 0 Å². The topological polar surface area (TPSA) is 12.0 Å². The molecule has 19 heavy (non-hydrogen) atoms. The number of halogens is 3. The highest BCUT2D eigenvalue weighted by molar-refractivity contribution is 6.41. The highest BCUT2D eigenvalue weighted by Gasteiger charge is 2.11.